The Morgan fingerprint density at radius 3 is 2.60 bits per heavy atom. The molecule has 1 aliphatic rings. The van der Waals surface area contributed by atoms with Crippen LogP contribution in [0.4, 0.5) is 0 Å². The molecule has 1 atom stereocenters. The molecule has 20 heavy (non-hydrogen) atoms. The van der Waals surface area contributed by atoms with Crippen molar-refractivity contribution < 1.29 is 14.6 Å². The van der Waals surface area contributed by atoms with Crippen LogP contribution in [-0.4, -0.2) is 41.7 Å². The molecule has 1 aromatic rings. The number of carboxylic acid groups (broad SMARTS) is 1. The van der Waals surface area contributed by atoms with Crippen molar-refractivity contribution in [1.82, 2.24) is 4.90 Å². The Morgan fingerprint density at radius 2 is 2.00 bits per heavy atom. The van der Waals surface area contributed by atoms with Gasteiger partial charge in [-0.1, -0.05) is 18.2 Å². The zero-order chi connectivity index (χ0) is 14.6. The van der Waals surface area contributed by atoms with Gasteiger partial charge < -0.3 is 9.84 Å². The number of carboxylic acids is 1. The quantitative estimate of drug-likeness (QED) is 0.868. The number of nitrogens with zero attached hydrogens (tertiary/aromatic N) is 1. The normalized spacial score (nSPS) is 18.7. The second kappa shape index (κ2) is 6.27. The molecule has 1 aromatic carbocycles. The Labute approximate surface area is 120 Å². The van der Waals surface area contributed by atoms with Crippen molar-refractivity contribution in [1.29, 1.82) is 0 Å². The summed E-state index contributed by atoms with van der Waals surface area (Å²) in [5, 5.41) is 9.26. The SMILES string of the molecule is COc1ccccc1CC(C)(CC(=O)O)N1CCCC1. The first-order valence-electron chi connectivity index (χ1n) is 7.14. The number of hydrogen-bond acceptors (Lipinski definition) is 3. The minimum absolute atomic E-state index is 0.158. The van der Waals surface area contributed by atoms with Crippen molar-refractivity contribution in [3.8, 4) is 5.75 Å². The fourth-order valence-electron chi connectivity index (χ4n) is 3.13. The highest BCUT2D eigenvalue weighted by Crippen LogP contribution is 2.31. The Bertz CT molecular complexity index is 469. The molecule has 1 aliphatic heterocycles. The summed E-state index contributed by atoms with van der Waals surface area (Å²) >= 11 is 0. The van der Waals surface area contributed by atoms with Gasteiger partial charge in [-0.15, -0.1) is 0 Å². The van der Waals surface area contributed by atoms with E-state index in [4.69, 9.17) is 4.74 Å². The summed E-state index contributed by atoms with van der Waals surface area (Å²) in [4.78, 5) is 13.6. The fourth-order valence-corrected chi connectivity index (χ4v) is 3.13. The number of ether oxygens (including phenoxy) is 1. The average molecular weight is 277 g/mol. The van der Waals surface area contributed by atoms with E-state index >= 15 is 0 Å². The first kappa shape index (κ1) is 14.9. The summed E-state index contributed by atoms with van der Waals surface area (Å²) in [6.45, 7) is 4.02. The van der Waals surface area contributed by atoms with Crippen LogP contribution in [0, 0.1) is 0 Å². The fraction of sp³-hybridized carbons (Fsp3) is 0.562. The second-order valence-electron chi connectivity index (χ2n) is 5.75. The van der Waals surface area contributed by atoms with Gasteiger partial charge in [-0.3, -0.25) is 9.69 Å². The lowest BCUT2D eigenvalue weighted by molar-refractivity contribution is -0.140. The topological polar surface area (TPSA) is 49.8 Å². The highest BCUT2D eigenvalue weighted by atomic mass is 16.5. The molecule has 4 heteroatoms. The average Bonchev–Trinajstić information content (AvgIpc) is 2.93. The van der Waals surface area contributed by atoms with Crippen LogP contribution in [0.25, 0.3) is 0 Å². The number of rotatable bonds is 6. The van der Waals surface area contributed by atoms with Gasteiger partial charge in [-0.2, -0.15) is 0 Å². The number of carbonyl (C=O) groups is 1. The van der Waals surface area contributed by atoms with E-state index in [-0.39, 0.29) is 12.0 Å². The maximum absolute atomic E-state index is 11.3. The van der Waals surface area contributed by atoms with E-state index in [0.29, 0.717) is 6.42 Å². The van der Waals surface area contributed by atoms with Crippen LogP contribution >= 0.6 is 0 Å². The molecule has 1 saturated heterocycles. The highest BCUT2D eigenvalue weighted by Gasteiger charge is 2.36. The first-order chi connectivity index (χ1) is 9.55. The van der Waals surface area contributed by atoms with Gasteiger partial charge in [-0.05, 0) is 50.9 Å². The summed E-state index contributed by atoms with van der Waals surface area (Å²) in [6, 6.07) is 7.87. The molecule has 1 N–H and O–H groups in total. The predicted molar refractivity (Wildman–Crippen MR) is 78.2 cm³/mol. The third kappa shape index (κ3) is 3.31. The molecular weight excluding hydrogens is 254 g/mol. The van der Waals surface area contributed by atoms with Crippen molar-refractivity contribution in [2.24, 2.45) is 0 Å². The van der Waals surface area contributed by atoms with E-state index in [1.807, 2.05) is 24.3 Å². The van der Waals surface area contributed by atoms with Crippen LogP contribution in [0.15, 0.2) is 24.3 Å². The summed E-state index contributed by atoms with van der Waals surface area (Å²) in [7, 11) is 1.66. The number of methoxy groups -OCH3 is 1. The van der Waals surface area contributed by atoms with Gasteiger partial charge >= 0.3 is 5.97 Å². The van der Waals surface area contributed by atoms with E-state index in [0.717, 1.165) is 37.2 Å². The van der Waals surface area contributed by atoms with E-state index in [2.05, 4.69) is 11.8 Å². The smallest absolute Gasteiger partial charge is 0.305 e. The molecular formula is C16H23NO3. The van der Waals surface area contributed by atoms with Gasteiger partial charge in [0.1, 0.15) is 5.75 Å². The third-order valence-corrected chi connectivity index (χ3v) is 4.17. The standard InChI is InChI=1S/C16H23NO3/c1-16(12-15(18)19,17-9-5-6-10-17)11-13-7-3-4-8-14(13)20-2/h3-4,7-8H,5-6,9-12H2,1-2H3,(H,18,19). The number of likely N-dealkylation sites (tertiary alicyclic amines) is 1. The highest BCUT2D eigenvalue weighted by molar-refractivity contribution is 5.68. The van der Waals surface area contributed by atoms with Crippen LogP contribution in [0.5, 0.6) is 5.75 Å². The molecule has 2 rings (SSSR count). The number of para-hydroxylation sites is 1. The molecule has 0 amide bonds. The van der Waals surface area contributed by atoms with Crippen LogP contribution in [0.1, 0.15) is 31.7 Å². The van der Waals surface area contributed by atoms with E-state index < -0.39 is 5.97 Å². The lowest BCUT2D eigenvalue weighted by Gasteiger charge is -2.38. The van der Waals surface area contributed by atoms with E-state index in [9.17, 15) is 9.90 Å². The molecule has 1 fully saturated rings. The van der Waals surface area contributed by atoms with Gasteiger partial charge in [-0.25, -0.2) is 0 Å². The maximum atomic E-state index is 11.3. The Hall–Kier alpha value is -1.55. The van der Waals surface area contributed by atoms with Gasteiger partial charge in [0.2, 0.25) is 0 Å². The molecule has 0 bridgehead atoms. The molecule has 1 unspecified atom stereocenters. The first-order valence-corrected chi connectivity index (χ1v) is 7.14. The molecule has 4 nitrogen and oxygen atoms in total. The minimum atomic E-state index is -0.741. The minimum Gasteiger partial charge on any atom is -0.496 e. The van der Waals surface area contributed by atoms with Gasteiger partial charge in [0.15, 0.2) is 0 Å². The molecule has 110 valence electrons. The van der Waals surface area contributed by atoms with Crippen LogP contribution in [0.3, 0.4) is 0 Å². The summed E-state index contributed by atoms with van der Waals surface area (Å²) in [6.07, 6.45) is 3.16. The van der Waals surface area contributed by atoms with Crippen LogP contribution < -0.4 is 4.74 Å². The summed E-state index contributed by atoms with van der Waals surface area (Å²) in [5.74, 6) is 0.0950. The Balaban J connectivity index is 2.24. The molecule has 1 heterocycles. The molecule has 0 radical (unpaired) electrons. The Morgan fingerprint density at radius 1 is 1.35 bits per heavy atom. The summed E-state index contributed by atoms with van der Waals surface area (Å²) in [5.41, 5.74) is 0.724. The third-order valence-electron chi connectivity index (χ3n) is 4.17. The molecule has 0 saturated carbocycles. The predicted octanol–water partition coefficient (Wildman–Crippen LogP) is 2.57. The van der Waals surface area contributed by atoms with Crippen molar-refractivity contribution in [3.05, 3.63) is 29.8 Å². The van der Waals surface area contributed by atoms with Crippen molar-refractivity contribution in [2.45, 2.75) is 38.1 Å². The summed E-state index contributed by atoms with van der Waals surface area (Å²) < 4.78 is 5.39. The number of benzene rings is 1. The number of aliphatic carboxylic acids is 1. The van der Waals surface area contributed by atoms with Crippen molar-refractivity contribution in [3.63, 3.8) is 0 Å². The largest absolute Gasteiger partial charge is 0.496 e. The number of hydrogen-bond donors (Lipinski definition) is 1. The van der Waals surface area contributed by atoms with E-state index in [1.54, 1.807) is 7.11 Å². The van der Waals surface area contributed by atoms with Gasteiger partial charge in [0.25, 0.3) is 0 Å². The van der Waals surface area contributed by atoms with Crippen LogP contribution in [-0.2, 0) is 11.2 Å². The maximum Gasteiger partial charge on any atom is 0.305 e. The molecule has 0 spiro atoms. The zero-order valence-electron chi connectivity index (χ0n) is 12.3. The zero-order valence-corrected chi connectivity index (χ0v) is 12.3. The van der Waals surface area contributed by atoms with Crippen molar-refractivity contribution in [2.75, 3.05) is 20.2 Å². The Kier molecular flexibility index (Phi) is 4.65. The monoisotopic (exact) mass is 277 g/mol. The molecule has 0 aromatic heterocycles. The second-order valence-corrected chi connectivity index (χ2v) is 5.75. The lowest BCUT2D eigenvalue weighted by Crippen LogP contribution is -2.48. The van der Waals surface area contributed by atoms with Gasteiger partial charge in [0, 0.05) is 5.54 Å². The molecule has 0 aliphatic carbocycles. The van der Waals surface area contributed by atoms with E-state index in [1.165, 1.54) is 0 Å². The van der Waals surface area contributed by atoms with Crippen LogP contribution in [0.2, 0.25) is 0 Å². The lowest BCUT2D eigenvalue weighted by atomic mass is 9.87. The van der Waals surface area contributed by atoms with Crippen molar-refractivity contribution >= 4 is 5.97 Å². The van der Waals surface area contributed by atoms with Gasteiger partial charge in [0.05, 0.1) is 13.5 Å².